The van der Waals surface area contributed by atoms with Gasteiger partial charge in [-0.3, -0.25) is 4.79 Å². The normalized spacial score (nSPS) is 15.2. The summed E-state index contributed by atoms with van der Waals surface area (Å²) < 4.78 is 4.92. The third-order valence-electron chi connectivity index (χ3n) is 3.41. The van der Waals surface area contributed by atoms with E-state index < -0.39 is 0 Å². The van der Waals surface area contributed by atoms with E-state index in [-0.39, 0.29) is 5.91 Å². The molecule has 0 bridgehead atoms. The van der Waals surface area contributed by atoms with Crippen molar-refractivity contribution in [2.45, 2.75) is 38.1 Å². The maximum absolute atomic E-state index is 11.8. The van der Waals surface area contributed by atoms with Crippen LogP contribution in [-0.4, -0.2) is 42.2 Å². The fourth-order valence-corrected chi connectivity index (χ4v) is 2.29. The number of aromatic nitrogens is 2. The van der Waals surface area contributed by atoms with Gasteiger partial charge in [-0.15, -0.1) is 0 Å². The van der Waals surface area contributed by atoms with Gasteiger partial charge in [-0.05, 0) is 19.3 Å². The highest BCUT2D eigenvalue weighted by Crippen LogP contribution is 2.20. The van der Waals surface area contributed by atoms with Crippen molar-refractivity contribution in [2.24, 2.45) is 0 Å². The Labute approximate surface area is 119 Å². The number of amides is 1. The van der Waals surface area contributed by atoms with Gasteiger partial charge in [-0.1, -0.05) is 12.8 Å². The molecule has 0 aromatic carbocycles. The third-order valence-corrected chi connectivity index (χ3v) is 3.41. The van der Waals surface area contributed by atoms with Gasteiger partial charge in [0, 0.05) is 38.7 Å². The summed E-state index contributed by atoms with van der Waals surface area (Å²) in [6, 6.07) is 0.476. The minimum absolute atomic E-state index is 0.145. The van der Waals surface area contributed by atoms with E-state index >= 15 is 0 Å². The number of carbonyl (C=O) groups is 1. The van der Waals surface area contributed by atoms with Crippen molar-refractivity contribution in [3.05, 3.63) is 18.0 Å². The van der Waals surface area contributed by atoms with Crippen molar-refractivity contribution in [2.75, 3.05) is 25.6 Å². The van der Waals surface area contributed by atoms with E-state index in [1.54, 1.807) is 19.5 Å². The molecule has 1 aliphatic carbocycles. The summed E-state index contributed by atoms with van der Waals surface area (Å²) in [5.74, 6) is 0.460. The molecule has 1 aromatic rings. The average Bonchev–Trinajstić information content (AvgIpc) is 2.97. The van der Waals surface area contributed by atoms with E-state index in [9.17, 15) is 4.79 Å². The highest BCUT2D eigenvalue weighted by Gasteiger charge is 2.15. The van der Waals surface area contributed by atoms with Crippen LogP contribution in [0.5, 0.6) is 0 Å². The summed E-state index contributed by atoms with van der Waals surface area (Å²) in [5.41, 5.74) is 0.486. The lowest BCUT2D eigenvalue weighted by Crippen LogP contribution is -2.25. The molecule has 1 heterocycles. The number of carbonyl (C=O) groups excluding carboxylic acids is 1. The Hall–Kier alpha value is -1.69. The molecule has 20 heavy (non-hydrogen) atoms. The van der Waals surface area contributed by atoms with Gasteiger partial charge in [0.15, 0.2) is 0 Å². The predicted molar refractivity (Wildman–Crippen MR) is 76.7 cm³/mol. The monoisotopic (exact) mass is 278 g/mol. The zero-order chi connectivity index (χ0) is 14.2. The fourth-order valence-electron chi connectivity index (χ4n) is 2.29. The van der Waals surface area contributed by atoms with Crippen LogP contribution in [0.4, 0.5) is 5.95 Å². The molecule has 1 aliphatic rings. The zero-order valence-electron chi connectivity index (χ0n) is 11.9. The molecule has 0 unspecified atom stereocenters. The molecule has 0 aliphatic heterocycles. The summed E-state index contributed by atoms with van der Waals surface area (Å²) in [5, 5.41) is 6.10. The first-order chi connectivity index (χ1) is 9.79. The molecule has 2 N–H and O–H groups in total. The van der Waals surface area contributed by atoms with Crippen molar-refractivity contribution < 1.29 is 9.53 Å². The lowest BCUT2D eigenvalue weighted by Gasteiger charge is -2.11. The molecule has 0 spiro atoms. The SMILES string of the molecule is COCCCNC(=O)c1cnc(NC2CCCC2)nc1. The minimum Gasteiger partial charge on any atom is -0.385 e. The Kier molecular flexibility index (Phi) is 5.73. The lowest BCUT2D eigenvalue weighted by atomic mass is 10.2. The highest BCUT2D eigenvalue weighted by molar-refractivity contribution is 5.93. The minimum atomic E-state index is -0.145. The second-order valence-electron chi connectivity index (χ2n) is 5.02. The second kappa shape index (κ2) is 7.79. The van der Waals surface area contributed by atoms with Gasteiger partial charge in [-0.2, -0.15) is 0 Å². The lowest BCUT2D eigenvalue weighted by molar-refractivity contribution is 0.0948. The van der Waals surface area contributed by atoms with E-state index in [2.05, 4.69) is 20.6 Å². The topological polar surface area (TPSA) is 76.1 Å². The van der Waals surface area contributed by atoms with Crippen LogP contribution in [0.25, 0.3) is 0 Å². The fraction of sp³-hybridized carbons (Fsp3) is 0.643. The quantitative estimate of drug-likeness (QED) is 0.741. The molecule has 110 valence electrons. The number of anilines is 1. The van der Waals surface area contributed by atoms with E-state index in [0.29, 0.717) is 30.7 Å². The summed E-state index contributed by atoms with van der Waals surface area (Å²) in [7, 11) is 1.64. The molecule has 1 saturated carbocycles. The first-order valence-electron chi connectivity index (χ1n) is 7.15. The Bertz CT molecular complexity index is 416. The molecule has 1 fully saturated rings. The highest BCUT2D eigenvalue weighted by atomic mass is 16.5. The number of hydrogen-bond acceptors (Lipinski definition) is 5. The van der Waals surface area contributed by atoms with Gasteiger partial charge in [0.1, 0.15) is 0 Å². The molecule has 0 atom stereocenters. The molecular formula is C14H22N4O2. The number of rotatable bonds is 7. The third kappa shape index (κ3) is 4.45. The molecule has 6 nitrogen and oxygen atoms in total. The standard InChI is InChI=1S/C14H22N4O2/c1-20-8-4-7-15-13(19)11-9-16-14(17-10-11)18-12-5-2-3-6-12/h9-10,12H,2-8H2,1H3,(H,15,19)(H,16,17,18). The number of ether oxygens (including phenoxy) is 1. The van der Waals surface area contributed by atoms with E-state index in [1.807, 2.05) is 0 Å². The van der Waals surface area contributed by atoms with Crippen LogP contribution in [-0.2, 0) is 4.74 Å². The van der Waals surface area contributed by atoms with E-state index in [1.165, 1.54) is 25.7 Å². The average molecular weight is 278 g/mol. The maximum atomic E-state index is 11.8. The number of nitrogens with zero attached hydrogens (tertiary/aromatic N) is 2. The van der Waals surface area contributed by atoms with Crippen LogP contribution >= 0.6 is 0 Å². The van der Waals surface area contributed by atoms with Gasteiger partial charge in [0.25, 0.3) is 5.91 Å². The number of hydrogen-bond donors (Lipinski definition) is 2. The molecule has 2 rings (SSSR count). The predicted octanol–water partition coefficient (Wildman–Crippen LogP) is 1.60. The van der Waals surface area contributed by atoms with Gasteiger partial charge in [0.2, 0.25) is 5.95 Å². The molecule has 0 radical (unpaired) electrons. The van der Waals surface area contributed by atoms with E-state index in [4.69, 9.17) is 4.74 Å². The summed E-state index contributed by atoms with van der Waals surface area (Å²) in [6.07, 6.45) is 8.80. The Morgan fingerprint density at radius 2 is 2.05 bits per heavy atom. The van der Waals surface area contributed by atoms with Crippen molar-refractivity contribution >= 4 is 11.9 Å². The van der Waals surface area contributed by atoms with Gasteiger partial charge >= 0.3 is 0 Å². The Morgan fingerprint density at radius 3 is 2.70 bits per heavy atom. The summed E-state index contributed by atoms with van der Waals surface area (Å²) >= 11 is 0. The van der Waals surface area contributed by atoms with Crippen molar-refractivity contribution in [1.29, 1.82) is 0 Å². The first kappa shape index (κ1) is 14.7. The van der Waals surface area contributed by atoms with Crippen molar-refractivity contribution in [3.8, 4) is 0 Å². The van der Waals surface area contributed by atoms with Crippen LogP contribution in [0.2, 0.25) is 0 Å². The number of methoxy groups -OCH3 is 1. The molecule has 1 aromatic heterocycles. The van der Waals surface area contributed by atoms with Crippen LogP contribution in [0.3, 0.4) is 0 Å². The molecular weight excluding hydrogens is 256 g/mol. The largest absolute Gasteiger partial charge is 0.385 e. The summed E-state index contributed by atoms with van der Waals surface area (Å²) in [4.78, 5) is 20.2. The zero-order valence-corrected chi connectivity index (χ0v) is 11.9. The smallest absolute Gasteiger partial charge is 0.254 e. The summed E-state index contributed by atoms with van der Waals surface area (Å²) in [6.45, 7) is 1.23. The Balaban J connectivity index is 1.79. The van der Waals surface area contributed by atoms with E-state index in [0.717, 1.165) is 6.42 Å². The first-order valence-corrected chi connectivity index (χ1v) is 7.15. The molecule has 6 heteroatoms. The van der Waals surface area contributed by atoms with Crippen LogP contribution in [0.15, 0.2) is 12.4 Å². The molecule has 0 saturated heterocycles. The van der Waals surface area contributed by atoms with Crippen molar-refractivity contribution in [3.63, 3.8) is 0 Å². The van der Waals surface area contributed by atoms with Crippen LogP contribution in [0.1, 0.15) is 42.5 Å². The van der Waals surface area contributed by atoms with Gasteiger partial charge in [-0.25, -0.2) is 9.97 Å². The van der Waals surface area contributed by atoms with Gasteiger partial charge < -0.3 is 15.4 Å². The van der Waals surface area contributed by atoms with Crippen LogP contribution < -0.4 is 10.6 Å². The molecule has 1 amide bonds. The maximum Gasteiger partial charge on any atom is 0.254 e. The second-order valence-corrected chi connectivity index (χ2v) is 5.02. The number of nitrogens with one attached hydrogen (secondary N) is 2. The Morgan fingerprint density at radius 1 is 1.35 bits per heavy atom. The van der Waals surface area contributed by atoms with Crippen molar-refractivity contribution in [1.82, 2.24) is 15.3 Å². The van der Waals surface area contributed by atoms with Gasteiger partial charge in [0.05, 0.1) is 5.56 Å². The van der Waals surface area contributed by atoms with Crippen LogP contribution in [0, 0.1) is 0 Å².